The van der Waals surface area contributed by atoms with Crippen molar-refractivity contribution in [2.24, 2.45) is 17.6 Å². The third kappa shape index (κ3) is 5.81. The lowest BCUT2D eigenvalue weighted by molar-refractivity contribution is 0.168. The Labute approximate surface area is 156 Å². The van der Waals surface area contributed by atoms with Crippen LogP contribution < -0.4 is 5.73 Å². The van der Waals surface area contributed by atoms with E-state index in [4.69, 9.17) is 17.3 Å². The minimum absolute atomic E-state index is 0.733. The molecule has 2 N–H and O–H groups in total. The van der Waals surface area contributed by atoms with Crippen LogP contribution >= 0.6 is 11.6 Å². The molecular weight excluding hydrogens is 330 g/mol. The van der Waals surface area contributed by atoms with Crippen LogP contribution in [0.4, 0.5) is 0 Å². The van der Waals surface area contributed by atoms with Crippen LogP contribution in [0.25, 0.3) is 0 Å². The lowest BCUT2D eigenvalue weighted by Gasteiger charge is -2.32. The summed E-state index contributed by atoms with van der Waals surface area (Å²) < 4.78 is 0. The van der Waals surface area contributed by atoms with Crippen LogP contribution in [0.1, 0.15) is 36.9 Å². The molecule has 0 spiro atoms. The predicted octanol–water partition coefficient (Wildman–Crippen LogP) is 4.50. The number of halogens is 1. The first-order chi connectivity index (χ1) is 12.2. The van der Waals surface area contributed by atoms with Crippen molar-refractivity contribution < 1.29 is 0 Å². The summed E-state index contributed by atoms with van der Waals surface area (Å²) in [6.45, 7) is 3.79. The lowest BCUT2D eigenvalue weighted by atomic mass is 9.82. The van der Waals surface area contributed by atoms with Crippen LogP contribution in [-0.2, 0) is 13.1 Å². The fourth-order valence-electron chi connectivity index (χ4n) is 3.77. The van der Waals surface area contributed by atoms with E-state index in [9.17, 15) is 0 Å². The highest BCUT2D eigenvalue weighted by Gasteiger charge is 2.22. The molecule has 1 aromatic carbocycles. The summed E-state index contributed by atoms with van der Waals surface area (Å²) >= 11 is 6.03. The van der Waals surface area contributed by atoms with Gasteiger partial charge in [-0.2, -0.15) is 0 Å². The molecule has 3 rings (SSSR count). The molecule has 134 valence electrons. The Morgan fingerprint density at radius 1 is 0.960 bits per heavy atom. The number of aromatic nitrogens is 1. The SMILES string of the molecule is NCC1CCC(CN(Cc2ccc(Cl)cc2)Cc2ccccn2)CC1. The average Bonchev–Trinajstić information content (AvgIpc) is 2.65. The Bertz CT molecular complexity index is 621. The van der Waals surface area contributed by atoms with Crippen LogP contribution in [0.5, 0.6) is 0 Å². The van der Waals surface area contributed by atoms with E-state index in [-0.39, 0.29) is 0 Å². The van der Waals surface area contributed by atoms with Gasteiger partial charge in [0.25, 0.3) is 0 Å². The Morgan fingerprint density at radius 2 is 1.68 bits per heavy atom. The number of hydrogen-bond acceptors (Lipinski definition) is 3. The van der Waals surface area contributed by atoms with Crippen LogP contribution in [-0.4, -0.2) is 23.0 Å². The summed E-state index contributed by atoms with van der Waals surface area (Å²) in [5, 5.41) is 0.792. The molecule has 1 fully saturated rings. The second kappa shape index (κ2) is 9.33. The third-order valence-electron chi connectivity index (χ3n) is 5.25. The van der Waals surface area contributed by atoms with Gasteiger partial charge in [-0.15, -0.1) is 0 Å². The zero-order chi connectivity index (χ0) is 17.5. The van der Waals surface area contributed by atoms with Crippen molar-refractivity contribution in [3.8, 4) is 0 Å². The normalized spacial score (nSPS) is 20.8. The average molecular weight is 358 g/mol. The third-order valence-corrected chi connectivity index (χ3v) is 5.50. The largest absolute Gasteiger partial charge is 0.330 e. The van der Waals surface area contributed by atoms with E-state index in [1.54, 1.807) is 0 Å². The summed E-state index contributed by atoms with van der Waals surface area (Å²) in [6.07, 6.45) is 7.02. The molecule has 0 bridgehead atoms. The van der Waals surface area contributed by atoms with E-state index in [1.807, 2.05) is 24.4 Å². The summed E-state index contributed by atoms with van der Waals surface area (Å²) in [4.78, 5) is 7.04. The molecule has 2 aromatic rings. The van der Waals surface area contributed by atoms with Crippen LogP contribution in [0.15, 0.2) is 48.7 Å². The quantitative estimate of drug-likeness (QED) is 0.793. The Kier molecular flexibility index (Phi) is 6.85. The van der Waals surface area contributed by atoms with Gasteiger partial charge < -0.3 is 5.73 Å². The maximum absolute atomic E-state index is 6.03. The summed E-state index contributed by atoms with van der Waals surface area (Å²) in [6, 6.07) is 14.3. The number of hydrogen-bond donors (Lipinski definition) is 1. The Balaban J connectivity index is 1.64. The minimum atomic E-state index is 0.733. The molecule has 1 aromatic heterocycles. The van der Waals surface area contributed by atoms with Gasteiger partial charge in [-0.1, -0.05) is 29.8 Å². The number of rotatable bonds is 7. The van der Waals surface area contributed by atoms with E-state index in [2.05, 4.69) is 34.1 Å². The Morgan fingerprint density at radius 3 is 2.32 bits per heavy atom. The van der Waals surface area contributed by atoms with E-state index in [1.165, 1.54) is 31.2 Å². The fourth-order valence-corrected chi connectivity index (χ4v) is 3.89. The van der Waals surface area contributed by atoms with Crippen molar-refractivity contribution in [2.45, 2.75) is 38.8 Å². The first-order valence-electron chi connectivity index (χ1n) is 9.29. The molecule has 1 aliphatic rings. The van der Waals surface area contributed by atoms with Crippen molar-refractivity contribution in [3.63, 3.8) is 0 Å². The molecule has 1 saturated carbocycles. The highest BCUT2D eigenvalue weighted by atomic mass is 35.5. The van der Waals surface area contributed by atoms with E-state index in [0.717, 1.165) is 48.7 Å². The summed E-state index contributed by atoms with van der Waals surface area (Å²) in [5.41, 5.74) is 8.27. The van der Waals surface area contributed by atoms with Gasteiger partial charge in [-0.3, -0.25) is 9.88 Å². The van der Waals surface area contributed by atoms with E-state index >= 15 is 0 Å². The molecule has 0 radical (unpaired) electrons. The van der Waals surface area contributed by atoms with Crippen molar-refractivity contribution in [3.05, 3.63) is 64.9 Å². The van der Waals surface area contributed by atoms with Crippen molar-refractivity contribution in [1.29, 1.82) is 0 Å². The number of nitrogens with two attached hydrogens (primary N) is 1. The first-order valence-corrected chi connectivity index (χ1v) is 9.67. The fraction of sp³-hybridized carbons (Fsp3) is 0.476. The van der Waals surface area contributed by atoms with Gasteiger partial charge in [0.1, 0.15) is 0 Å². The maximum Gasteiger partial charge on any atom is 0.0544 e. The van der Waals surface area contributed by atoms with Crippen molar-refractivity contribution in [2.75, 3.05) is 13.1 Å². The van der Waals surface area contributed by atoms with Gasteiger partial charge in [0.15, 0.2) is 0 Å². The standard InChI is InChI=1S/C21H28ClN3/c22-20-10-8-19(9-11-20)15-25(16-21-3-1-2-12-24-21)14-18-6-4-17(13-23)5-7-18/h1-3,8-12,17-18H,4-7,13-16,23H2. The van der Waals surface area contributed by atoms with Crippen LogP contribution in [0.2, 0.25) is 5.02 Å². The molecule has 3 nitrogen and oxygen atoms in total. The molecule has 0 amide bonds. The zero-order valence-corrected chi connectivity index (χ0v) is 15.5. The lowest BCUT2D eigenvalue weighted by Crippen LogP contribution is -2.32. The van der Waals surface area contributed by atoms with Crippen molar-refractivity contribution in [1.82, 2.24) is 9.88 Å². The molecule has 4 heteroatoms. The highest BCUT2D eigenvalue weighted by molar-refractivity contribution is 6.30. The van der Waals surface area contributed by atoms with Gasteiger partial charge >= 0.3 is 0 Å². The number of nitrogens with zero attached hydrogens (tertiary/aromatic N) is 2. The van der Waals surface area contributed by atoms with Gasteiger partial charge in [0, 0.05) is 30.9 Å². The topological polar surface area (TPSA) is 42.1 Å². The minimum Gasteiger partial charge on any atom is -0.330 e. The first kappa shape index (κ1) is 18.4. The molecular formula is C21H28ClN3. The molecule has 0 aliphatic heterocycles. The second-order valence-corrected chi connectivity index (χ2v) is 7.68. The summed E-state index contributed by atoms with van der Waals surface area (Å²) in [5.74, 6) is 1.50. The molecule has 1 heterocycles. The van der Waals surface area contributed by atoms with Gasteiger partial charge in [0.2, 0.25) is 0 Å². The molecule has 0 saturated heterocycles. The van der Waals surface area contributed by atoms with Gasteiger partial charge in [-0.05, 0) is 73.9 Å². The second-order valence-electron chi connectivity index (χ2n) is 7.24. The van der Waals surface area contributed by atoms with Crippen molar-refractivity contribution >= 4 is 11.6 Å². The predicted molar refractivity (Wildman–Crippen MR) is 104 cm³/mol. The molecule has 0 atom stereocenters. The van der Waals surface area contributed by atoms with Gasteiger partial charge in [-0.25, -0.2) is 0 Å². The number of pyridine rings is 1. The Hall–Kier alpha value is -1.42. The van der Waals surface area contributed by atoms with E-state index in [0.29, 0.717) is 0 Å². The highest BCUT2D eigenvalue weighted by Crippen LogP contribution is 2.29. The van der Waals surface area contributed by atoms with Crippen LogP contribution in [0.3, 0.4) is 0 Å². The summed E-state index contributed by atoms with van der Waals surface area (Å²) in [7, 11) is 0. The van der Waals surface area contributed by atoms with E-state index < -0.39 is 0 Å². The molecule has 25 heavy (non-hydrogen) atoms. The molecule has 1 aliphatic carbocycles. The smallest absolute Gasteiger partial charge is 0.0544 e. The zero-order valence-electron chi connectivity index (χ0n) is 14.8. The monoisotopic (exact) mass is 357 g/mol. The van der Waals surface area contributed by atoms with Gasteiger partial charge in [0.05, 0.1) is 5.69 Å². The molecule has 0 unspecified atom stereocenters. The maximum atomic E-state index is 6.03. The van der Waals surface area contributed by atoms with Crippen LogP contribution in [0, 0.1) is 11.8 Å². The number of benzene rings is 1.